The van der Waals surface area contributed by atoms with E-state index in [2.05, 4.69) is 9.84 Å². The second-order valence-corrected chi connectivity index (χ2v) is 4.21. The van der Waals surface area contributed by atoms with E-state index in [4.69, 9.17) is 0 Å². The molecule has 2 heterocycles. The van der Waals surface area contributed by atoms with Gasteiger partial charge in [-0.05, 0) is 12.8 Å². The van der Waals surface area contributed by atoms with Crippen LogP contribution in [0.2, 0.25) is 0 Å². The van der Waals surface area contributed by atoms with Crippen LogP contribution in [0.3, 0.4) is 0 Å². The van der Waals surface area contributed by atoms with Crippen molar-refractivity contribution in [3.8, 4) is 0 Å². The average Bonchev–Trinajstić information content (AvgIpc) is 2.54. The van der Waals surface area contributed by atoms with Gasteiger partial charge in [0, 0.05) is 13.0 Å². The highest BCUT2D eigenvalue weighted by molar-refractivity contribution is 5.68. The lowest BCUT2D eigenvalue weighted by molar-refractivity contribution is -0.140. The number of hydrogen-bond donors (Lipinski definition) is 0. The van der Waals surface area contributed by atoms with E-state index in [0.717, 1.165) is 38.1 Å². The van der Waals surface area contributed by atoms with Crippen molar-refractivity contribution in [2.75, 3.05) is 7.11 Å². The maximum absolute atomic E-state index is 12.0. The zero-order valence-corrected chi connectivity index (χ0v) is 10.0. The van der Waals surface area contributed by atoms with Crippen molar-refractivity contribution in [1.82, 2.24) is 14.3 Å². The Hall–Kier alpha value is -1.59. The first kappa shape index (κ1) is 11.9. The lowest BCUT2D eigenvalue weighted by Gasteiger charge is -1.99. The summed E-state index contributed by atoms with van der Waals surface area (Å²) < 4.78 is 7.64. The van der Waals surface area contributed by atoms with Crippen LogP contribution in [0.5, 0.6) is 0 Å². The normalized spacial score (nSPS) is 15.1. The summed E-state index contributed by atoms with van der Waals surface area (Å²) in [5.74, 6) is 0.525. The lowest BCUT2D eigenvalue weighted by atomic mass is 10.2. The van der Waals surface area contributed by atoms with Crippen LogP contribution < -0.4 is 5.69 Å². The zero-order chi connectivity index (χ0) is 12.3. The molecule has 0 N–H and O–H groups in total. The maximum Gasteiger partial charge on any atom is 0.345 e. The topological polar surface area (TPSA) is 66.1 Å². The van der Waals surface area contributed by atoms with Gasteiger partial charge in [-0.2, -0.15) is 5.10 Å². The van der Waals surface area contributed by atoms with Crippen LogP contribution in [0.4, 0.5) is 0 Å². The van der Waals surface area contributed by atoms with Crippen LogP contribution in [-0.2, 0) is 29.0 Å². The standard InChI is InChI=1S/C11H17N3O3/c1-17-10(15)6-8-14-11(16)13-7-4-2-3-5-9(13)12-14/h2-8H2,1H3. The Morgan fingerprint density at radius 1 is 1.41 bits per heavy atom. The predicted octanol–water partition coefficient (Wildman–Crippen LogP) is 0.334. The highest BCUT2D eigenvalue weighted by atomic mass is 16.5. The van der Waals surface area contributed by atoms with Crippen molar-refractivity contribution in [2.24, 2.45) is 0 Å². The van der Waals surface area contributed by atoms with Crippen LogP contribution in [-0.4, -0.2) is 27.4 Å². The number of hydrogen-bond acceptors (Lipinski definition) is 4. The van der Waals surface area contributed by atoms with E-state index in [1.807, 2.05) is 0 Å². The number of nitrogens with zero attached hydrogens (tertiary/aromatic N) is 3. The predicted molar refractivity (Wildman–Crippen MR) is 60.7 cm³/mol. The number of carbonyl (C=O) groups is 1. The van der Waals surface area contributed by atoms with Crippen molar-refractivity contribution in [2.45, 2.75) is 45.2 Å². The van der Waals surface area contributed by atoms with Gasteiger partial charge in [-0.25, -0.2) is 9.48 Å². The van der Waals surface area contributed by atoms with E-state index >= 15 is 0 Å². The van der Waals surface area contributed by atoms with E-state index in [0.29, 0.717) is 6.54 Å². The molecule has 0 amide bonds. The van der Waals surface area contributed by atoms with Crippen molar-refractivity contribution >= 4 is 5.97 Å². The largest absolute Gasteiger partial charge is 0.469 e. The van der Waals surface area contributed by atoms with E-state index in [1.54, 1.807) is 4.57 Å². The number of esters is 1. The van der Waals surface area contributed by atoms with Gasteiger partial charge in [0.1, 0.15) is 5.82 Å². The molecule has 1 aromatic rings. The molecular weight excluding hydrogens is 222 g/mol. The quantitative estimate of drug-likeness (QED) is 0.713. The van der Waals surface area contributed by atoms with Crippen molar-refractivity contribution in [3.05, 3.63) is 16.3 Å². The second-order valence-electron chi connectivity index (χ2n) is 4.21. The Bertz CT molecular complexity index is 461. The molecule has 0 spiro atoms. The van der Waals surface area contributed by atoms with Crippen molar-refractivity contribution < 1.29 is 9.53 Å². The summed E-state index contributed by atoms with van der Waals surface area (Å²) in [6.45, 7) is 1.04. The third-order valence-electron chi connectivity index (χ3n) is 3.04. The van der Waals surface area contributed by atoms with Gasteiger partial charge in [0.05, 0.1) is 20.1 Å². The van der Waals surface area contributed by atoms with Gasteiger partial charge < -0.3 is 4.74 Å². The summed E-state index contributed by atoms with van der Waals surface area (Å²) in [6, 6.07) is 0. The molecule has 0 aromatic carbocycles. The third-order valence-corrected chi connectivity index (χ3v) is 3.04. The minimum atomic E-state index is -0.319. The fourth-order valence-corrected chi connectivity index (χ4v) is 2.07. The van der Waals surface area contributed by atoms with E-state index in [-0.39, 0.29) is 18.1 Å². The smallest absolute Gasteiger partial charge is 0.345 e. The molecule has 0 saturated heterocycles. The van der Waals surface area contributed by atoms with Crippen LogP contribution in [0.1, 0.15) is 31.5 Å². The van der Waals surface area contributed by atoms with E-state index in [9.17, 15) is 9.59 Å². The monoisotopic (exact) mass is 239 g/mol. The molecular formula is C11H17N3O3. The van der Waals surface area contributed by atoms with Crippen LogP contribution in [0, 0.1) is 0 Å². The Balaban J connectivity index is 2.14. The lowest BCUT2D eigenvalue weighted by Crippen LogP contribution is -2.26. The molecule has 0 radical (unpaired) electrons. The molecule has 0 unspecified atom stereocenters. The molecule has 0 saturated carbocycles. The first-order valence-electron chi connectivity index (χ1n) is 5.95. The number of ether oxygens (including phenoxy) is 1. The van der Waals surface area contributed by atoms with Gasteiger partial charge in [0.2, 0.25) is 0 Å². The van der Waals surface area contributed by atoms with Crippen LogP contribution in [0.25, 0.3) is 0 Å². The fraction of sp³-hybridized carbons (Fsp3) is 0.727. The van der Waals surface area contributed by atoms with Gasteiger partial charge >= 0.3 is 11.7 Å². The number of aromatic nitrogens is 3. The Labute approximate surface area is 99.2 Å². The van der Waals surface area contributed by atoms with Crippen LogP contribution >= 0.6 is 0 Å². The fourth-order valence-electron chi connectivity index (χ4n) is 2.07. The van der Waals surface area contributed by atoms with E-state index in [1.165, 1.54) is 11.8 Å². The number of rotatable bonds is 3. The zero-order valence-electron chi connectivity index (χ0n) is 10.0. The summed E-state index contributed by atoms with van der Waals surface area (Å²) in [5, 5.41) is 4.28. The van der Waals surface area contributed by atoms with Gasteiger partial charge in [0.15, 0.2) is 0 Å². The highest BCUT2D eigenvalue weighted by Crippen LogP contribution is 2.10. The molecule has 94 valence electrons. The van der Waals surface area contributed by atoms with Gasteiger partial charge in [-0.1, -0.05) is 6.42 Å². The average molecular weight is 239 g/mol. The Kier molecular flexibility index (Phi) is 3.61. The molecule has 0 fully saturated rings. The summed E-state index contributed by atoms with van der Waals surface area (Å²) in [5.41, 5.74) is -0.106. The molecule has 1 aliphatic heterocycles. The Morgan fingerprint density at radius 2 is 2.24 bits per heavy atom. The molecule has 6 nitrogen and oxygen atoms in total. The molecule has 2 rings (SSSR count). The SMILES string of the molecule is COC(=O)CCn1nc2n(c1=O)CCCCC2. The molecule has 6 heteroatoms. The number of methoxy groups -OCH3 is 1. The summed E-state index contributed by atoms with van der Waals surface area (Å²) >= 11 is 0. The van der Waals surface area contributed by atoms with Crippen LogP contribution in [0.15, 0.2) is 4.79 Å². The number of aryl methyl sites for hydroxylation is 2. The van der Waals surface area contributed by atoms with Gasteiger partial charge in [-0.15, -0.1) is 0 Å². The van der Waals surface area contributed by atoms with Gasteiger partial charge in [-0.3, -0.25) is 9.36 Å². The first-order chi connectivity index (χ1) is 8.22. The molecule has 17 heavy (non-hydrogen) atoms. The third kappa shape index (κ3) is 2.57. The van der Waals surface area contributed by atoms with Crippen molar-refractivity contribution in [3.63, 3.8) is 0 Å². The second kappa shape index (κ2) is 5.16. The highest BCUT2D eigenvalue weighted by Gasteiger charge is 2.15. The number of fused-ring (bicyclic) bond motifs is 1. The maximum atomic E-state index is 12.0. The molecule has 0 aliphatic carbocycles. The van der Waals surface area contributed by atoms with Gasteiger partial charge in [0.25, 0.3) is 0 Å². The summed E-state index contributed by atoms with van der Waals surface area (Å²) in [4.78, 5) is 23.0. The molecule has 1 aromatic heterocycles. The Morgan fingerprint density at radius 3 is 3.00 bits per heavy atom. The van der Waals surface area contributed by atoms with E-state index < -0.39 is 0 Å². The molecule has 0 bridgehead atoms. The summed E-state index contributed by atoms with van der Waals surface area (Å²) in [6.07, 6.45) is 4.28. The van der Waals surface area contributed by atoms with Crippen molar-refractivity contribution in [1.29, 1.82) is 0 Å². The summed E-state index contributed by atoms with van der Waals surface area (Å²) in [7, 11) is 1.34. The first-order valence-corrected chi connectivity index (χ1v) is 5.95. The minimum absolute atomic E-state index is 0.106. The molecule has 0 atom stereocenters. The number of carbonyl (C=O) groups excluding carboxylic acids is 1. The molecule has 1 aliphatic rings. The minimum Gasteiger partial charge on any atom is -0.469 e.